The van der Waals surface area contributed by atoms with Crippen LogP contribution >= 0.6 is 0 Å². The van der Waals surface area contributed by atoms with Crippen molar-refractivity contribution in [3.8, 4) is 0 Å². The molecule has 8 nitrogen and oxygen atoms in total. The number of nitrogens with one attached hydrogen (secondary N) is 1. The van der Waals surface area contributed by atoms with Gasteiger partial charge in [-0.3, -0.25) is 0 Å². The highest BCUT2D eigenvalue weighted by molar-refractivity contribution is 5.91. The number of nitrogens with zero attached hydrogens (tertiary/aromatic N) is 7. The average molecular weight is 779 g/mol. The molecular formula is C47H45F3N8. The molecule has 5 aromatic carbocycles. The molecule has 10 rings (SSSR count). The number of alkyl halides is 3. The van der Waals surface area contributed by atoms with Crippen LogP contribution in [0.2, 0.25) is 0 Å². The second-order valence-electron chi connectivity index (χ2n) is 15.2. The van der Waals surface area contributed by atoms with E-state index in [9.17, 15) is 13.2 Å². The molecule has 58 heavy (non-hydrogen) atoms. The fraction of sp³-hybridized carbons (Fsp3) is 0.277. The first-order valence-electron chi connectivity index (χ1n) is 20.2. The fourth-order valence-electron chi connectivity index (χ4n) is 8.21. The van der Waals surface area contributed by atoms with E-state index in [0.29, 0.717) is 18.3 Å². The number of fused-ring (bicyclic) bond motifs is 4. The lowest BCUT2D eigenvalue weighted by atomic mass is 10.0. The van der Waals surface area contributed by atoms with Crippen molar-refractivity contribution in [1.29, 1.82) is 0 Å². The first-order valence-corrected chi connectivity index (χ1v) is 20.2. The van der Waals surface area contributed by atoms with Gasteiger partial charge in [-0.1, -0.05) is 84.9 Å². The number of hydrogen-bond acceptors (Lipinski definition) is 8. The van der Waals surface area contributed by atoms with Gasteiger partial charge in [-0.25, -0.2) is 9.97 Å². The molecule has 7 aromatic rings. The van der Waals surface area contributed by atoms with Gasteiger partial charge in [0, 0.05) is 56.6 Å². The molecule has 1 saturated heterocycles. The third-order valence-electron chi connectivity index (χ3n) is 11.4. The maximum Gasteiger partial charge on any atom is 0.416 e. The molecule has 1 N–H and O–H groups in total. The number of aromatic nitrogens is 4. The van der Waals surface area contributed by atoms with E-state index in [1.165, 1.54) is 59.0 Å². The number of hydrogen-bond donors (Lipinski definition) is 1. The van der Waals surface area contributed by atoms with Crippen molar-refractivity contribution in [3.05, 3.63) is 155 Å². The molecule has 3 aliphatic heterocycles. The summed E-state index contributed by atoms with van der Waals surface area (Å²) in [6, 6.07) is 38.5. The molecule has 2 aromatic heterocycles. The third-order valence-corrected chi connectivity index (χ3v) is 11.4. The predicted octanol–water partition coefficient (Wildman–Crippen LogP) is 10.0. The molecule has 11 heteroatoms. The van der Waals surface area contributed by atoms with Gasteiger partial charge in [0.05, 0.1) is 16.6 Å². The Morgan fingerprint density at radius 1 is 0.500 bits per heavy atom. The normalized spacial score (nSPS) is 15.4. The van der Waals surface area contributed by atoms with Crippen molar-refractivity contribution in [2.45, 2.75) is 57.9 Å². The summed E-state index contributed by atoms with van der Waals surface area (Å²) < 4.78 is 38.5. The minimum absolute atomic E-state index is 0.363. The van der Waals surface area contributed by atoms with E-state index in [1.54, 1.807) is 0 Å². The minimum Gasteiger partial charge on any atom is -0.365 e. The molecule has 1 fully saturated rings. The minimum atomic E-state index is -4.34. The zero-order chi connectivity index (χ0) is 39.5. The highest BCUT2D eigenvalue weighted by atomic mass is 19.4. The maximum atomic E-state index is 12.8. The van der Waals surface area contributed by atoms with Gasteiger partial charge in [-0.2, -0.15) is 23.1 Å². The monoisotopic (exact) mass is 778 g/mol. The van der Waals surface area contributed by atoms with E-state index in [-0.39, 0.29) is 0 Å². The van der Waals surface area contributed by atoms with Crippen LogP contribution in [0.4, 0.5) is 36.7 Å². The van der Waals surface area contributed by atoms with Gasteiger partial charge in [-0.05, 0) is 96.3 Å². The summed E-state index contributed by atoms with van der Waals surface area (Å²) in [4.78, 5) is 26.5. The zero-order valence-electron chi connectivity index (χ0n) is 32.3. The van der Waals surface area contributed by atoms with E-state index in [1.807, 2.05) is 30.3 Å². The Hall–Kier alpha value is -6.23. The highest BCUT2D eigenvalue weighted by Gasteiger charge is 2.30. The molecule has 0 unspecified atom stereocenters. The Labute approximate surface area is 336 Å². The molecule has 0 aliphatic carbocycles. The van der Waals surface area contributed by atoms with Gasteiger partial charge in [-0.15, -0.1) is 0 Å². The van der Waals surface area contributed by atoms with Gasteiger partial charge >= 0.3 is 6.18 Å². The van der Waals surface area contributed by atoms with Crippen LogP contribution in [-0.2, 0) is 38.7 Å². The topological polar surface area (TPSA) is 73.3 Å². The molecule has 0 atom stereocenters. The van der Waals surface area contributed by atoms with Crippen LogP contribution in [0.15, 0.2) is 121 Å². The van der Waals surface area contributed by atoms with Crippen LogP contribution in [0, 0.1) is 0 Å². The first-order chi connectivity index (χ1) is 28.4. The summed E-state index contributed by atoms with van der Waals surface area (Å²) in [7, 11) is 0. The van der Waals surface area contributed by atoms with E-state index < -0.39 is 11.7 Å². The molecule has 0 spiro atoms. The van der Waals surface area contributed by atoms with Crippen LogP contribution in [0.5, 0.6) is 0 Å². The summed E-state index contributed by atoms with van der Waals surface area (Å²) in [6.45, 7) is 6.01. The Morgan fingerprint density at radius 2 is 1.02 bits per heavy atom. The number of para-hydroxylation sites is 2. The summed E-state index contributed by atoms with van der Waals surface area (Å²) in [6.07, 6.45) is 1.49. The lowest BCUT2D eigenvalue weighted by Crippen LogP contribution is -2.34. The van der Waals surface area contributed by atoms with Crippen LogP contribution in [-0.4, -0.2) is 46.1 Å². The van der Waals surface area contributed by atoms with Crippen LogP contribution < -0.4 is 20.0 Å². The molecule has 5 heterocycles. The van der Waals surface area contributed by atoms with E-state index >= 15 is 0 Å². The van der Waals surface area contributed by atoms with Crippen molar-refractivity contribution in [2.75, 3.05) is 46.2 Å². The number of benzene rings is 5. The van der Waals surface area contributed by atoms with E-state index in [4.69, 9.17) is 19.9 Å². The van der Waals surface area contributed by atoms with Crippen LogP contribution in [0.25, 0.3) is 21.8 Å². The van der Waals surface area contributed by atoms with Gasteiger partial charge in [0.15, 0.2) is 0 Å². The smallest absolute Gasteiger partial charge is 0.365 e. The van der Waals surface area contributed by atoms with Gasteiger partial charge in [0.1, 0.15) is 11.6 Å². The Balaban J connectivity index is 0.000000153. The van der Waals surface area contributed by atoms with Crippen LogP contribution in [0.3, 0.4) is 0 Å². The quantitative estimate of drug-likeness (QED) is 0.179. The Kier molecular flexibility index (Phi) is 10.5. The largest absolute Gasteiger partial charge is 0.416 e. The highest BCUT2D eigenvalue weighted by Crippen LogP contribution is 2.32. The molecule has 0 bridgehead atoms. The van der Waals surface area contributed by atoms with E-state index in [0.717, 1.165) is 98.0 Å². The third kappa shape index (κ3) is 8.12. The van der Waals surface area contributed by atoms with Crippen molar-refractivity contribution < 1.29 is 13.2 Å². The molecule has 0 amide bonds. The van der Waals surface area contributed by atoms with Gasteiger partial charge in [0.2, 0.25) is 11.9 Å². The fourth-order valence-corrected chi connectivity index (χ4v) is 8.21. The zero-order valence-corrected chi connectivity index (χ0v) is 32.3. The molecule has 3 aliphatic rings. The molecule has 0 saturated carbocycles. The van der Waals surface area contributed by atoms with Crippen molar-refractivity contribution in [1.82, 2.24) is 19.9 Å². The molecule has 294 valence electrons. The predicted molar refractivity (Wildman–Crippen MR) is 226 cm³/mol. The standard InChI is InChI=1S/C25H21F3N4.C22H24N4/c26-25(27,28)20-11-9-17(10-12-20)15-29-23-21-7-3-4-8-22(21)30-24(31-23)32-14-13-18-5-1-2-6-19(18)16-32;1-6-13-25(14-7-1)21-19-10-4-5-11-20(19)23-22(24-21)26-15-12-17-8-2-3-9-18(17)16-26/h1-12H,13-16H2,(H,29,30,31);2-5,8-11H,1,6-7,12-16H2. The SMILES string of the molecule is FC(F)(F)c1ccc(CNc2nc(N3CCc4ccccc4C3)nc3ccccc23)cc1.c1ccc2c(c1)CCN(c1nc(N3CCCCC3)c3ccccc3n1)C2. The number of piperidine rings is 1. The van der Waals surface area contributed by atoms with Gasteiger partial charge in [0.25, 0.3) is 0 Å². The lowest BCUT2D eigenvalue weighted by Gasteiger charge is -2.32. The van der Waals surface area contributed by atoms with Crippen molar-refractivity contribution in [2.24, 2.45) is 0 Å². The molecule has 0 radical (unpaired) electrons. The number of anilines is 4. The summed E-state index contributed by atoms with van der Waals surface area (Å²) >= 11 is 0. The van der Waals surface area contributed by atoms with Crippen molar-refractivity contribution >= 4 is 45.3 Å². The van der Waals surface area contributed by atoms with Crippen LogP contribution in [0.1, 0.15) is 52.6 Å². The van der Waals surface area contributed by atoms with Crippen molar-refractivity contribution in [3.63, 3.8) is 0 Å². The Morgan fingerprint density at radius 3 is 1.62 bits per heavy atom. The number of rotatable bonds is 6. The Bertz CT molecular complexity index is 2530. The average Bonchev–Trinajstić information content (AvgIpc) is 3.27. The summed E-state index contributed by atoms with van der Waals surface area (Å²) in [5.41, 5.74) is 7.45. The summed E-state index contributed by atoms with van der Waals surface area (Å²) in [5.74, 6) is 3.31. The first kappa shape index (κ1) is 37.4. The summed E-state index contributed by atoms with van der Waals surface area (Å²) in [5, 5.41) is 5.35. The number of halogens is 3. The maximum absolute atomic E-state index is 12.8. The second-order valence-corrected chi connectivity index (χ2v) is 15.2. The van der Waals surface area contributed by atoms with Gasteiger partial charge < -0.3 is 20.0 Å². The second kappa shape index (κ2) is 16.3. The lowest BCUT2D eigenvalue weighted by molar-refractivity contribution is -0.137. The van der Waals surface area contributed by atoms with E-state index in [2.05, 4.69) is 86.7 Å². The molecular weight excluding hydrogens is 734 g/mol.